The molecular formula is C32H45N6O3Si. The number of aromatic nitrogens is 6. The molecule has 2 N–H and O–H groups in total. The van der Waals surface area contributed by atoms with Crippen LogP contribution in [0.5, 0.6) is 0 Å². The summed E-state index contributed by atoms with van der Waals surface area (Å²) in [6.07, 6.45) is 6.60. The third-order valence-corrected chi connectivity index (χ3v) is 10.7. The molecule has 0 atom stereocenters. The van der Waals surface area contributed by atoms with Crippen LogP contribution in [0.15, 0.2) is 60.7 Å². The lowest BCUT2D eigenvalue weighted by Gasteiger charge is -2.28. The van der Waals surface area contributed by atoms with Gasteiger partial charge in [-0.2, -0.15) is 10.2 Å². The van der Waals surface area contributed by atoms with Crippen molar-refractivity contribution in [3.05, 3.63) is 79.2 Å². The van der Waals surface area contributed by atoms with E-state index in [0.29, 0.717) is 37.9 Å². The molecule has 0 saturated heterocycles. The summed E-state index contributed by atoms with van der Waals surface area (Å²) < 4.78 is 18.1. The van der Waals surface area contributed by atoms with Gasteiger partial charge in [0.2, 0.25) is 0 Å². The zero-order valence-corrected chi connectivity index (χ0v) is 26.3. The number of benzene rings is 2. The minimum absolute atomic E-state index is 0.538. The molecule has 1 radical (unpaired) electrons. The lowest BCUT2D eigenvalue weighted by Crippen LogP contribution is -2.45. The van der Waals surface area contributed by atoms with Gasteiger partial charge in [0.15, 0.2) is 23.3 Å². The molecule has 0 spiro atoms. The van der Waals surface area contributed by atoms with E-state index in [1.165, 1.54) is 0 Å². The number of hydrogen-bond acceptors (Lipinski definition) is 7. The Balaban J connectivity index is 1.46. The molecule has 4 rings (SSSR count). The van der Waals surface area contributed by atoms with E-state index in [1.54, 1.807) is 0 Å². The monoisotopic (exact) mass is 589 g/mol. The van der Waals surface area contributed by atoms with Crippen molar-refractivity contribution >= 4 is 8.80 Å². The molecular weight excluding hydrogens is 544 g/mol. The predicted octanol–water partition coefficient (Wildman–Crippen LogP) is 7.16. The molecule has 0 fully saturated rings. The predicted molar refractivity (Wildman–Crippen MR) is 168 cm³/mol. The second-order valence-electron chi connectivity index (χ2n) is 10.3. The first-order chi connectivity index (χ1) is 20.6. The quantitative estimate of drug-likeness (QED) is 0.0882. The van der Waals surface area contributed by atoms with Gasteiger partial charge in [-0.15, -0.1) is 0 Å². The van der Waals surface area contributed by atoms with Crippen molar-refractivity contribution in [2.45, 2.75) is 77.2 Å². The van der Waals surface area contributed by atoms with E-state index in [0.717, 1.165) is 67.3 Å². The third kappa shape index (κ3) is 7.80. The lowest BCUT2D eigenvalue weighted by molar-refractivity contribution is 0.0706. The summed E-state index contributed by atoms with van der Waals surface area (Å²) in [5, 5.41) is 15.7. The minimum atomic E-state index is -2.59. The number of nitrogens with one attached hydrogen (secondary N) is 2. The van der Waals surface area contributed by atoms with Crippen LogP contribution in [0, 0.1) is 6.92 Å². The highest BCUT2D eigenvalue weighted by Crippen LogP contribution is 2.38. The molecule has 2 aromatic heterocycles. The summed E-state index contributed by atoms with van der Waals surface area (Å²) in [5.41, 5.74) is 1.36. The van der Waals surface area contributed by atoms with Gasteiger partial charge >= 0.3 is 8.80 Å². The van der Waals surface area contributed by atoms with Crippen LogP contribution in [0.4, 0.5) is 0 Å². The van der Waals surface area contributed by atoms with Gasteiger partial charge in [0, 0.05) is 37.0 Å². The molecule has 0 aliphatic rings. The van der Waals surface area contributed by atoms with Gasteiger partial charge in [0.25, 0.3) is 0 Å². The Bertz CT molecular complexity index is 1220. The summed E-state index contributed by atoms with van der Waals surface area (Å²) in [6.45, 7) is 12.2. The number of rotatable bonds is 19. The Hall–Kier alpha value is -3.18. The van der Waals surface area contributed by atoms with Crippen LogP contribution in [0.25, 0.3) is 22.8 Å². The summed E-state index contributed by atoms with van der Waals surface area (Å²) >= 11 is 0. The van der Waals surface area contributed by atoms with Gasteiger partial charge in [-0.25, -0.2) is 9.97 Å². The molecule has 0 saturated carbocycles. The number of unbranched alkanes of at least 4 members (excludes halogenated alkanes) is 4. The Labute approximate surface area is 251 Å². The number of nitrogens with zero attached hydrogens (tertiary/aromatic N) is 4. The molecule has 0 unspecified atom stereocenters. The largest absolute Gasteiger partial charge is 0.500 e. The van der Waals surface area contributed by atoms with Crippen LogP contribution < -0.4 is 0 Å². The van der Waals surface area contributed by atoms with Gasteiger partial charge in [-0.05, 0) is 40.0 Å². The molecule has 0 amide bonds. The average molecular weight is 590 g/mol. The fraction of sp³-hybridized carbons (Fsp3) is 0.469. The maximum atomic E-state index is 6.02. The van der Waals surface area contributed by atoms with E-state index >= 15 is 0 Å². The Morgan fingerprint density at radius 2 is 1.12 bits per heavy atom. The molecule has 0 aliphatic carbocycles. The molecule has 0 bridgehead atoms. The first kappa shape index (κ1) is 31.7. The molecule has 42 heavy (non-hydrogen) atoms. The molecule has 0 aliphatic heterocycles. The molecule has 225 valence electrons. The van der Waals surface area contributed by atoms with E-state index in [-0.39, 0.29) is 0 Å². The normalized spacial score (nSPS) is 12.2. The molecule has 4 aromatic rings. The molecule has 2 aromatic carbocycles. The van der Waals surface area contributed by atoms with E-state index in [4.69, 9.17) is 33.4 Å². The Morgan fingerprint density at radius 1 is 0.667 bits per heavy atom. The smallest absolute Gasteiger partial charge is 0.374 e. The average Bonchev–Trinajstić information content (AvgIpc) is 3.72. The van der Waals surface area contributed by atoms with Gasteiger partial charge in [0.1, 0.15) is 0 Å². The second-order valence-corrected chi connectivity index (χ2v) is 13.1. The van der Waals surface area contributed by atoms with Crippen LogP contribution in [0.3, 0.4) is 0 Å². The fourth-order valence-electron chi connectivity index (χ4n) is 5.37. The summed E-state index contributed by atoms with van der Waals surface area (Å²) in [6, 6.07) is 20.9. The maximum Gasteiger partial charge on any atom is 0.500 e. The van der Waals surface area contributed by atoms with Crippen LogP contribution in [-0.4, -0.2) is 59.0 Å². The zero-order chi connectivity index (χ0) is 29.7. The van der Waals surface area contributed by atoms with Crippen molar-refractivity contribution in [1.82, 2.24) is 30.4 Å². The minimum Gasteiger partial charge on any atom is -0.374 e. The lowest BCUT2D eigenvalue weighted by atomic mass is 9.78. The van der Waals surface area contributed by atoms with Crippen LogP contribution in [0.2, 0.25) is 6.04 Å². The number of hydrogen-bond donors (Lipinski definition) is 2. The standard InChI is InChI=1S/C32H45N6O3Si/c1-5-32(30-33-28(35-37-30)26-20-14-12-15-21-26,31-34-29(36-38-31)27-22-16-13-17-23-27)24-18-10-9-11-19-25-42(39-6-2,40-7-3)41-8-4/h12-17,20-23H,1,5-11,18-19,24-25H2,2-4H3,(H,33,35,37)(H,34,36,38). The molecule has 9 nitrogen and oxygen atoms in total. The topological polar surface area (TPSA) is 111 Å². The van der Waals surface area contributed by atoms with Gasteiger partial charge in [0.05, 0.1) is 5.41 Å². The first-order valence-electron chi connectivity index (χ1n) is 15.3. The van der Waals surface area contributed by atoms with Crippen molar-refractivity contribution in [3.8, 4) is 22.8 Å². The van der Waals surface area contributed by atoms with Gasteiger partial charge in [-0.3, -0.25) is 10.2 Å². The zero-order valence-electron chi connectivity index (χ0n) is 25.3. The van der Waals surface area contributed by atoms with Gasteiger partial charge < -0.3 is 13.3 Å². The van der Waals surface area contributed by atoms with Crippen molar-refractivity contribution in [3.63, 3.8) is 0 Å². The van der Waals surface area contributed by atoms with Crippen LogP contribution >= 0.6 is 0 Å². The Morgan fingerprint density at radius 3 is 1.57 bits per heavy atom. The van der Waals surface area contributed by atoms with Crippen molar-refractivity contribution in [2.24, 2.45) is 0 Å². The second kappa shape index (κ2) is 15.9. The van der Waals surface area contributed by atoms with E-state index in [1.807, 2.05) is 81.4 Å². The molecule has 2 heterocycles. The van der Waals surface area contributed by atoms with E-state index in [9.17, 15) is 0 Å². The van der Waals surface area contributed by atoms with Crippen LogP contribution in [-0.2, 0) is 18.7 Å². The summed E-state index contributed by atoms with van der Waals surface area (Å²) in [5.74, 6) is 2.81. The van der Waals surface area contributed by atoms with Crippen molar-refractivity contribution in [2.75, 3.05) is 19.8 Å². The number of H-pyrrole nitrogens is 2. The maximum absolute atomic E-state index is 6.02. The SMILES string of the molecule is [CH2]CC(CCCCCCC[Si](OCC)(OCC)OCC)(c1n[nH]c(-c2ccccc2)n1)c1n[nH]c(-c2ccccc2)n1. The highest BCUT2D eigenvalue weighted by Gasteiger charge is 2.41. The van der Waals surface area contributed by atoms with Gasteiger partial charge in [-0.1, -0.05) is 93.3 Å². The number of aromatic amines is 2. The van der Waals surface area contributed by atoms with E-state index in [2.05, 4.69) is 17.1 Å². The van der Waals surface area contributed by atoms with E-state index < -0.39 is 14.2 Å². The van der Waals surface area contributed by atoms with Crippen molar-refractivity contribution in [1.29, 1.82) is 0 Å². The Kier molecular flexibility index (Phi) is 12.0. The fourth-order valence-corrected chi connectivity index (χ4v) is 8.06. The van der Waals surface area contributed by atoms with Crippen molar-refractivity contribution < 1.29 is 13.3 Å². The summed E-state index contributed by atoms with van der Waals surface area (Å²) in [7, 11) is -2.59. The van der Waals surface area contributed by atoms with Crippen LogP contribution in [0.1, 0.15) is 77.4 Å². The molecule has 10 heteroatoms. The third-order valence-electron chi connectivity index (χ3n) is 7.53. The summed E-state index contributed by atoms with van der Waals surface area (Å²) in [4.78, 5) is 9.90. The highest BCUT2D eigenvalue weighted by atomic mass is 28.4. The first-order valence-corrected chi connectivity index (χ1v) is 17.2. The highest BCUT2D eigenvalue weighted by molar-refractivity contribution is 6.60.